The smallest absolute Gasteiger partial charge is 0.303 e. The van der Waals surface area contributed by atoms with E-state index in [-0.39, 0.29) is 50.7 Å². The summed E-state index contributed by atoms with van der Waals surface area (Å²) in [6, 6.07) is -11.8. The fraction of sp³-hybridized carbons (Fsp3) is 0.750. The van der Waals surface area contributed by atoms with Crippen molar-refractivity contribution in [2.75, 3.05) is 19.6 Å². The van der Waals surface area contributed by atoms with E-state index in [1.165, 1.54) is 11.8 Å². The number of nitrogens with zero attached hydrogens (tertiary/aromatic N) is 2. The van der Waals surface area contributed by atoms with Crippen molar-refractivity contribution >= 4 is 71.0 Å². The molecule has 0 aliphatic carbocycles. The fourth-order valence-corrected chi connectivity index (χ4v) is 7.99. The van der Waals surface area contributed by atoms with Gasteiger partial charge in [-0.25, -0.2) is 0 Å². The number of carboxylic acids is 1. The normalized spacial score (nSPS) is 16.9. The number of primary amides is 1. The van der Waals surface area contributed by atoms with Gasteiger partial charge in [0.2, 0.25) is 59.1 Å². The summed E-state index contributed by atoms with van der Waals surface area (Å²) in [6.07, 6.45) is -4.03. The van der Waals surface area contributed by atoms with Gasteiger partial charge in [0, 0.05) is 25.9 Å². The summed E-state index contributed by atoms with van der Waals surface area (Å²) in [5.74, 6) is -11.9. The number of hydrogen-bond donors (Lipinski definition) is 16. The average Bonchev–Trinajstić information content (AvgIpc) is 3.83. The Labute approximate surface area is 448 Å². The fourth-order valence-electron chi connectivity index (χ4n) is 7.99. The molecular weight excluding hydrogens is 1010 g/mol. The van der Waals surface area contributed by atoms with E-state index in [1.807, 2.05) is 0 Å². The first kappa shape index (κ1) is 68.3. The lowest BCUT2D eigenvalue weighted by molar-refractivity contribution is -0.144. The minimum Gasteiger partial charge on any atom is -0.481 e. The van der Waals surface area contributed by atoms with Crippen molar-refractivity contribution in [2.24, 2.45) is 51.6 Å². The van der Waals surface area contributed by atoms with Crippen LogP contribution in [0.2, 0.25) is 0 Å². The van der Waals surface area contributed by atoms with Crippen LogP contribution in [0.4, 0.5) is 0 Å². The lowest BCUT2D eigenvalue weighted by atomic mass is 9.99. The van der Waals surface area contributed by atoms with Crippen LogP contribution in [0, 0.1) is 23.7 Å². The Balaban J connectivity index is 3.24. The Hall–Kier alpha value is -6.72. The molecule has 20 N–H and O–H groups in total. The molecule has 0 aromatic carbocycles. The largest absolute Gasteiger partial charge is 0.481 e. The molecule has 1 heterocycles. The van der Waals surface area contributed by atoms with Gasteiger partial charge in [-0.15, -0.1) is 0 Å². The summed E-state index contributed by atoms with van der Waals surface area (Å²) in [5, 5.41) is 59.1. The number of amides is 10. The molecule has 0 aromatic heterocycles. The second-order valence-corrected chi connectivity index (χ2v) is 20.7. The van der Waals surface area contributed by atoms with E-state index in [4.69, 9.17) is 22.9 Å². The van der Waals surface area contributed by atoms with Gasteiger partial charge in [0.05, 0.1) is 18.7 Å². The zero-order chi connectivity index (χ0) is 59.0. The molecule has 1 saturated heterocycles. The molecule has 10 atom stereocenters. The highest BCUT2D eigenvalue weighted by Gasteiger charge is 2.41. The molecule has 29 nitrogen and oxygen atoms in total. The first-order chi connectivity index (χ1) is 35.8. The molecule has 77 heavy (non-hydrogen) atoms. The molecule has 0 aromatic rings. The van der Waals surface area contributed by atoms with Crippen LogP contribution in [0.25, 0.3) is 0 Å². The highest BCUT2D eigenvalue weighted by atomic mass is 16.5. The zero-order valence-electron chi connectivity index (χ0n) is 45.6. The Morgan fingerprint density at radius 3 is 1.64 bits per heavy atom. The van der Waals surface area contributed by atoms with Crippen molar-refractivity contribution in [3.63, 3.8) is 0 Å². The van der Waals surface area contributed by atoms with Crippen molar-refractivity contribution in [1.82, 2.24) is 47.4 Å². The highest BCUT2D eigenvalue weighted by molar-refractivity contribution is 5.98. The Kier molecular flexibility index (Phi) is 29.7. The number of hydrogen-bond acceptors (Lipinski definition) is 16. The van der Waals surface area contributed by atoms with Gasteiger partial charge >= 0.3 is 5.97 Å². The van der Waals surface area contributed by atoms with E-state index < -0.39 is 175 Å². The van der Waals surface area contributed by atoms with Crippen molar-refractivity contribution in [3.05, 3.63) is 0 Å². The maximum absolute atomic E-state index is 14.1. The predicted molar refractivity (Wildman–Crippen MR) is 278 cm³/mol. The molecule has 1 aliphatic heterocycles. The Morgan fingerprint density at radius 2 is 1.12 bits per heavy atom. The highest BCUT2D eigenvalue weighted by Crippen LogP contribution is 2.22. The number of rotatable bonds is 34. The minimum atomic E-state index is -1.93. The third kappa shape index (κ3) is 24.4. The molecule has 1 aliphatic rings. The Bertz CT molecular complexity index is 2070. The minimum absolute atomic E-state index is 0.0544. The number of carbonyl (C=O) groups excluding carboxylic acids is 10. The number of aliphatic carboxylic acids is 1. The summed E-state index contributed by atoms with van der Waals surface area (Å²) in [7, 11) is 0. The quantitative estimate of drug-likeness (QED) is 0.0124. The van der Waals surface area contributed by atoms with Gasteiger partial charge in [0.25, 0.3) is 0 Å². The van der Waals surface area contributed by atoms with Gasteiger partial charge in [0.15, 0.2) is 12.2 Å². The van der Waals surface area contributed by atoms with E-state index in [2.05, 4.69) is 47.5 Å². The number of likely N-dealkylation sites (tertiary alicyclic amines) is 1. The van der Waals surface area contributed by atoms with Crippen LogP contribution in [-0.4, -0.2) is 183 Å². The summed E-state index contributed by atoms with van der Waals surface area (Å²) >= 11 is 0. The second-order valence-electron chi connectivity index (χ2n) is 20.7. The van der Waals surface area contributed by atoms with Crippen molar-refractivity contribution in [3.8, 4) is 0 Å². The molecule has 0 unspecified atom stereocenters. The van der Waals surface area contributed by atoms with Crippen LogP contribution in [-0.2, 0) is 52.7 Å². The van der Waals surface area contributed by atoms with E-state index in [1.54, 1.807) is 55.4 Å². The maximum Gasteiger partial charge on any atom is 0.303 e. The van der Waals surface area contributed by atoms with Gasteiger partial charge in [-0.05, 0) is 75.5 Å². The molecule has 1 rings (SSSR count). The van der Waals surface area contributed by atoms with Crippen LogP contribution in [0.15, 0.2) is 4.99 Å². The molecule has 29 heteroatoms. The molecule has 0 bridgehead atoms. The van der Waals surface area contributed by atoms with Crippen LogP contribution in [0.3, 0.4) is 0 Å². The van der Waals surface area contributed by atoms with Crippen molar-refractivity contribution < 1.29 is 73.2 Å². The van der Waals surface area contributed by atoms with E-state index >= 15 is 0 Å². The number of nitrogens with one attached hydrogen (secondary N) is 8. The maximum atomic E-state index is 14.1. The summed E-state index contributed by atoms with van der Waals surface area (Å²) in [5.41, 5.74) is 21.8. The monoisotopic (exact) mass is 1100 g/mol. The molecule has 0 spiro atoms. The SMILES string of the molecule is CC(C)C[C@H](NC(=O)[C@H](CCC(=O)O)NC(=O)[C@@H](NC(=O)[C@@H](N)[C@@H](C)O)C(C)C)C(=O)N[C@@H](CCC(N)=O)C(=O)NCC(=O)N[C@H](C(=O)N[C@H](C(=O)N1CCC[C@H]1C(=O)N[C@@H](CCCN=C(N)N)C(O)O)C(C)C)C(C)C. The third-order valence-corrected chi connectivity index (χ3v) is 12.4. The predicted octanol–water partition coefficient (Wildman–Crippen LogP) is -5.30. The topological polar surface area (TPSA) is 485 Å². The van der Waals surface area contributed by atoms with Crippen molar-refractivity contribution in [1.29, 1.82) is 0 Å². The second kappa shape index (κ2) is 33.4. The number of aliphatic hydroxyl groups is 3. The molecule has 0 radical (unpaired) electrons. The van der Waals surface area contributed by atoms with Crippen LogP contribution in [0.5, 0.6) is 0 Å². The number of carbonyl (C=O) groups is 11. The third-order valence-electron chi connectivity index (χ3n) is 12.4. The average molecular weight is 1100 g/mol. The van der Waals surface area contributed by atoms with E-state index in [9.17, 15) is 73.2 Å². The number of nitrogens with two attached hydrogens (primary N) is 4. The lowest BCUT2D eigenvalue weighted by Crippen LogP contribution is -2.60. The number of guanidine groups is 1. The number of aliphatic imine (C=N–C) groups is 1. The zero-order valence-corrected chi connectivity index (χ0v) is 45.6. The number of aliphatic hydroxyl groups excluding tert-OH is 2. The summed E-state index contributed by atoms with van der Waals surface area (Å²) in [4.78, 5) is 151. The summed E-state index contributed by atoms with van der Waals surface area (Å²) in [6.45, 7) is 14.0. The van der Waals surface area contributed by atoms with Crippen LogP contribution in [0.1, 0.15) is 120 Å². The van der Waals surface area contributed by atoms with Crippen LogP contribution < -0.4 is 65.5 Å². The van der Waals surface area contributed by atoms with Crippen LogP contribution >= 0.6 is 0 Å². The number of carboxylic acid groups (broad SMARTS) is 1. The molecule has 10 amide bonds. The lowest BCUT2D eigenvalue weighted by Gasteiger charge is -2.33. The molecule has 1 fully saturated rings. The van der Waals surface area contributed by atoms with Gasteiger partial charge in [-0.2, -0.15) is 0 Å². The van der Waals surface area contributed by atoms with Gasteiger partial charge < -0.3 is 90.8 Å². The standard InChI is InChI=1S/C48H86N14O15/c1-22(2)20-30(58-40(69)28(15-17-34(66)67)56-44(73)37(24(5)6)60-43(72)35(50)26(9)63)41(70)55-27(14-16-32(49)64)39(68)54-21-33(65)59-36(23(3)4)45(74)61-38(25(7)8)46(75)62-19-11-13-31(62)42(71)57-29(47(76)77)12-10-18-53-48(51)52/h22-31,35-38,47,63,76-77H,10-21,50H2,1-9H3,(H2,49,64)(H,54,68)(H,55,70)(H,56,73)(H,57,71)(H,58,69)(H,59,65)(H,60,72)(H,61,74)(H,66,67)(H4,51,52,53)/t26-,27+,28+,29+,30+,31+,35+,36+,37+,38+/m1/s1. The Morgan fingerprint density at radius 1 is 0.610 bits per heavy atom. The van der Waals surface area contributed by atoms with Gasteiger partial charge in [-0.3, -0.25) is 57.7 Å². The first-order valence-electron chi connectivity index (χ1n) is 25.8. The molecule has 0 saturated carbocycles. The van der Waals surface area contributed by atoms with Gasteiger partial charge in [0.1, 0.15) is 48.3 Å². The van der Waals surface area contributed by atoms with E-state index in [0.29, 0.717) is 12.8 Å². The molecular formula is C48H86N14O15. The van der Waals surface area contributed by atoms with Gasteiger partial charge in [-0.1, -0.05) is 55.4 Å². The van der Waals surface area contributed by atoms with Crippen molar-refractivity contribution in [2.45, 2.75) is 187 Å². The molecule has 438 valence electrons. The summed E-state index contributed by atoms with van der Waals surface area (Å²) < 4.78 is 0. The first-order valence-corrected chi connectivity index (χ1v) is 25.8. The van der Waals surface area contributed by atoms with E-state index in [0.717, 1.165) is 0 Å².